The van der Waals surface area contributed by atoms with Gasteiger partial charge in [0, 0.05) is 23.4 Å². The number of aromatic nitrogens is 1. The molecule has 2 N–H and O–H groups in total. The summed E-state index contributed by atoms with van der Waals surface area (Å²) in [6.07, 6.45) is 1.46. The van der Waals surface area contributed by atoms with Gasteiger partial charge in [-0.25, -0.2) is 4.98 Å². The van der Waals surface area contributed by atoms with E-state index in [9.17, 15) is 19.7 Å². The first-order valence-corrected chi connectivity index (χ1v) is 13.1. The molecule has 1 aliphatic rings. The lowest BCUT2D eigenvalue weighted by atomic mass is 10.1. The van der Waals surface area contributed by atoms with E-state index in [-0.39, 0.29) is 32.8 Å². The SMILES string of the molecule is O=C(COc1ccc([N+](=O)[O-])cc1/C=C1\SC(=S)N(Nc2nc3ccccc3s2)C1=O)Nc1ccccc1. The zero-order valence-electron chi connectivity index (χ0n) is 19.3. The number of thiazole rings is 1. The number of hydrogen-bond donors (Lipinski definition) is 2. The van der Waals surface area contributed by atoms with Gasteiger partial charge >= 0.3 is 0 Å². The molecular formula is C25H17N5O5S3. The van der Waals surface area contributed by atoms with Gasteiger partial charge in [0.15, 0.2) is 10.9 Å². The lowest BCUT2D eigenvalue weighted by molar-refractivity contribution is -0.384. The molecule has 1 fully saturated rings. The zero-order valence-corrected chi connectivity index (χ0v) is 21.8. The summed E-state index contributed by atoms with van der Waals surface area (Å²) in [5.74, 6) is -0.659. The van der Waals surface area contributed by atoms with Crippen molar-refractivity contribution in [2.75, 3.05) is 17.3 Å². The molecule has 38 heavy (non-hydrogen) atoms. The molecule has 0 atom stereocenters. The molecule has 0 aliphatic carbocycles. The molecule has 0 saturated carbocycles. The van der Waals surface area contributed by atoms with Crippen molar-refractivity contribution in [2.45, 2.75) is 0 Å². The predicted molar refractivity (Wildman–Crippen MR) is 152 cm³/mol. The molecule has 3 aromatic carbocycles. The van der Waals surface area contributed by atoms with Gasteiger partial charge in [0.1, 0.15) is 5.75 Å². The molecule has 1 aliphatic heterocycles. The number of amides is 2. The highest BCUT2D eigenvalue weighted by molar-refractivity contribution is 8.26. The number of thiocarbonyl (C=S) groups is 1. The summed E-state index contributed by atoms with van der Waals surface area (Å²) in [7, 11) is 0. The third-order valence-electron chi connectivity index (χ3n) is 5.20. The number of carbonyl (C=O) groups excluding carboxylic acids is 2. The normalized spacial score (nSPS) is 14.2. The number of nitrogens with zero attached hydrogens (tertiary/aromatic N) is 3. The number of hydrogen-bond acceptors (Lipinski definition) is 10. The van der Waals surface area contributed by atoms with E-state index in [0.29, 0.717) is 10.8 Å². The molecule has 2 amide bonds. The Kier molecular flexibility index (Phi) is 7.31. The molecular weight excluding hydrogens is 547 g/mol. The fourth-order valence-corrected chi connectivity index (χ4v) is 5.50. The maximum Gasteiger partial charge on any atom is 0.285 e. The van der Waals surface area contributed by atoms with E-state index in [0.717, 1.165) is 22.0 Å². The molecule has 190 valence electrons. The summed E-state index contributed by atoms with van der Waals surface area (Å²) in [6.45, 7) is -0.340. The van der Waals surface area contributed by atoms with Gasteiger partial charge in [0.25, 0.3) is 17.5 Å². The summed E-state index contributed by atoms with van der Waals surface area (Å²) < 4.78 is 6.86. The van der Waals surface area contributed by atoms with Crippen molar-refractivity contribution in [3.8, 4) is 5.75 Å². The molecule has 0 spiro atoms. The van der Waals surface area contributed by atoms with Crippen LogP contribution in [0.1, 0.15) is 5.56 Å². The summed E-state index contributed by atoms with van der Waals surface area (Å²) >= 11 is 7.79. The van der Waals surface area contributed by atoms with E-state index in [1.54, 1.807) is 24.3 Å². The van der Waals surface area contributed by atoms with Crippen LogP contribution >= 0.6 is 35.3 Å². The van der Waals surface area contributed by atoms with Crippen LogP contribution in [0.2, 0.25) is 0 Å². The number of anilines is 2. The summed E-state index contributed by atoms with van der Waals surface area (Å²) in [5.41, 5.74) is 4.41. The highest BCUT2D eigenvalue weighted by Gasteiger charge is 2.33. The summed E-state index contributed by atoms with van der Waals surface area (Å²) in [4.78, 5) is 41.0. The van der Waals surface area contributed by atoms with E-state index in [2.05, 4.69) is 15.7 Å². The second kappa shape index (κ2) is 11.0. The van der Waals surface area contributed by atoms with Crippen LogP contribution in [0.25, 0.3) is 16.3 Å². The minimum atomic E-state index is -0.552. The molecule has 1 aromatic heterocycles. The first kappa shape index (κ1) is 25.3. The van der Waals surface area contributed by atoms with E-state index < -0.39 is 16.7 Å². The Morgan fingerprint density at radius 1 is 1.13 bits per heavy atom. The van der Waals surface area contributed by atoms with E-state index in [1.807, 2.05) is 30.3 Å². The number of nitro benzene ring substituents is 1. The Morgan fingerprint density at radius 2 is 1.89 bits per heavy atom. The zero-order chi connectivity index (χ0) is 26.6. The largest absolute Gasteiger partial charge is 0.483 e. The topological polar surface area (TPSA) is 127 Å². The first-order valence-electron chi connectivity index (χ1n) is 11.0. The van der Waals surface area contributed by atoms with Crippen molar-refractivity contribution < 1.29 is 19.2 Å². The number of nitro groups is 1. The number of ether oxygens (including phenoxy) is 1. The average Bonchev–Trinajstić information content (AvgIpc) is 3.44. The fourth-order valence-electron chi connectivity index (χ4n) is 3.48. The average molecular weight is 564 g/mol. The Morgan fingerprint density at radius 3 is 2.66 bits per heavy atom. The van der Waals surface area contributed by atoms with Gasteiger partial charge in [-0.1, -0.05) is 53.4 Å². The highest BCUT2D eigenvalue weighted by Crippen LogP contribution is 2.36. The molecule has 5 rings (SSSR count). The summed E-state index contributed by atoms with van der Waals surface area (Å²) in [6, 6.07) is 20.4. The second-order valence-electron chi connectivity index (χ2n) is 7.80. The second-order valence-corrected chi connectivity index (χ2v) is 10.5. The van der Waals surface area contributed by atoms with Gasteiger partial charge in [0.05, 0.1) is 20.0 Å². The lowest BCUT2D eigenvalue weighted by Crippen LogP contribution is -2.33. The van der Waals surface area contributed by atoms with Gasteiger partial charge in [-0.2, -0.15) is 5.01 Å². The molecule has 10 nitrogen and oxygen atoms in total. The number of para-hydroxylation sites is 2. The maximum absolute atomic E-state index is 13.2. The van der Waals surface area contributed by atoms with Crippen molar-refractivity contribution in [3.05, 3.63) is 93.4 Å². The van der Waals surface area contributed by atoms with Crippen molar-refractivity contribution in [2.24, 2.45) is 0 Å². The van der Waals surface area contributed by atoms with Crippen molar-refractivity contribution in [3.63, 3.8) is 0 Å². The summed E-state index contributed by atoms with van der Waals surface area (Å²) in [5, 5.41) is 15.8. The third kappa shape index (κ3) is 5.64. The fraction of sp³-hybridized carbons (Fsp3) is 0.0400. The molecule has 2 heterocycles. The van der Waals surface area contributed by atoms with Crippen LogP contribution in [0.5, 0.6) is 5.75 Å². The minimum Gasteiger partial charge on any atom is -0.483 e. The monoisotopic (exact) mass is 563 g/mol. The Balaban J connectivity index is 1.35. The number of fused-ring (bicyclic) bond motifs is 1. The van der Waals surface area contributed by atoms with Crippen LogP contribution in [-0.4, -0.2) is 37.7 Å². The quantitative estimate of drug-likeness (QED) is 0.124. The van der Waals surface area contributed by atoms with E-state index >= 15 is 0 Å². The Bertz CT molecular complexity index is 1570. The van der Waals surface area contributed by atoms with Crippen LogP contribution in [0, 0.1) is 10.1 Å². The van der Waals surface area contributed by atoms with Crippen LogP contribution in [0.15, 0.2) is 77.7 Å². The van der Waals surface area contributed by atoms with Crippen LogP contribution in [0.4, 0.5) is 16.5 Å². The van der Waals surface area contributed by atoms with Gasteiger partial charge in [-0.05, 0) is 48.6 Å². The number of hydrazine groups is 1. The number of benzene rings is 3. The predicted octanol–water partition coefficient (Wildman–Crippen LogP) is 5.45. The van der Waals surface area contributed by atoms with E-state index in [1.165, 1.54) is 40.6 Å². The first-order chi connectivity index (χ1) is 18.4. The minimum absolute atomic E-state index is 0.194. The third-order valence-corrected chi connectivity index (χ3v) is 7.45. The van der Waals surface area contributed by atoms with Crippen LogP contribution in [0.3, 0.4) is 0 Å². The van der Waals surface area contributed by atoms with Gasteiger partial charge in [-0.3, -0.25) is 25.1 Å². The molecule has 1 saturated heterocycles. The lowest BCUT2D eigenvalue weighted by Gasteiger charge is -2.14. The number of nitrogens with one attached hydrogen (secondary N) is 2. The molecule has 0 unspecified atom stereocenters. The number of carbonyl (C=O) groups is 2. The van der Waals surface area contributed by atoms with Crippen molar-refractivity contribution >= 4 is 84.3 Å². The van der Waals surface area contributed by atoms with Crippen molar-refractivity contribution in [1.29, 1.82) is 0 Å². The molecule has 4 aromatic rings. The molecule has 0 radical (unpaired) electrons. The van der Waals surface area contributed by atoms with E-state index in [4.69, 9.17) is 17.0 Å². The van der Waals surface area contributed by atoms with Gasteiger partial charge in [0.2, 0.25) is 5.13 Å². The van der Waals surface area contributed by atoms with Crippen LogP contribution < -0.4 is 15.5 Å². The standard InChI is InChI=1S/C25H17N5O5S3/c31-22(26-16-6-2-1-3-7-16)14-35-19-11-10-17(30(33)34)12-15(19)13-21-23(32)29(25(36)38-21)28-24-27-18-8-4-5-9-20(18)37-24/h1-13H,14H2,(H,26,31)(H,27,28)/b21-13-. The smallest absolute Gasteiger partial charge is 0.285 e. The highest BCUT2D eigenvalue weighted by atomic mass is 32.2. The van der Waals surface area contributed by atoms with Crippen molar-refractivity contribution in [1.82, 2.24) is 9.99 Å². The molecule has 13 heteroatoms. The number of non-ortho nitro benzene ring substituents is 1. The Labute approximate surface area is 229 Å². The molecule has 0 bridgehead atoms. The van der Waals surface area contributed by atoms with Gasteiger partial charge in [-0.15, -0.1) is 0 Å². The number of rotatable bonds is 8. The van der Waals surface area contributed by atoms with Crippen LogP contribution in [-0.2, 0) is 9.59 Å². The Hall–Kier alpha value is -4.33. The maximum atomic E-state index is 13.2. The number of thioether (sulfide) groups is 1. The van der Waals surface area contributed by atoms with Gasteiger partial charge < -0.3 is 10.1 Å².